The van der Waals surface area contributed by atoms with Crippen molar-refractivity contribution in [3.05, 3.63) is 23.5 Å². The van der Waals surface area contributed by atoms with Gasteiger partial charge < -0.3 is 10.0 Å². The summed E-state index contributed by atoms with van der Waals surface area (Å²) in [4.78, 5) is 29.4. The van der Waals surface area contributed by atoms with E-state index in [9.17, 15) is 9.59 Å². The van der Waals surface area contributed by atoms with Crippen molar-refractivity contribution >= 4 is 17.7 Å². The van der Waals surface area contributed by atoms with Crippen LogP contribution in [0, 0.1) is 0 Å². The van der Waals surface area contributed by atoms with Crippen LogP contribution in [0.5, 0.6) is 0 Å². The van der Waals surface area contributed by atoms with Gasteiger partial charge in [0.1, 0.15) is 0 Å². The van der Waals surface area contributed by atoms with Gasteiger partial charge in [-0.05, 0) is 6.07 Å². The molecule has 0 unspecified atom stereocenters. The zero-order chi connectivity index (χ0) is 11.9. The molecule has 84 valence electrons. The van der Waals surface area contributed by atoms with Crippen LogP contribution >= 0.6 is 0 Å². The predicted octanol–water partition coefficient (Wildman–Crippen LogP) is 0.781. The SMILES string of the molecule is CN1Cc2ncc(C(=O)O)cc2N(C)C1=O. The Kier molecular flexibility index (Phi) is 2.26. The highest BCUT2D eigenvalue weighted by Crippen LogP contribution is 2.25. The lowest BCUT2D eigenvalue weighted by atomic mass is 10.1. The lowest BCUT2D eigenvalue weighted by Gasteiger charge is -2.31. The van der Waals surface area contributed by atoms with Gasteiger partial charge in [-0.3, -0.25) is 9.88 Å². The molecule has 0 aromatic carbocycles. The highest BCUT2D eigenvalue weighted by Gasteiger charge is 2.26. The second-order valence-corrected chi connectivity index (χ2v) is 3.69. The van der Waals surface area contributed by atoms with Gasteiger partial charge in [0.15, 0.2) is 0 Å². The number of amides is 2. The number of urea groups is 1. The number of carboxylic acids is 1. The standard InChI is InChI=1S/C10H11N3O3/c1-12-5-7-8(13(2)10(12)16)3-6(4-11-7)9(14)15/h3-4H,5H2,1-2H3,(H,14,15). The number of aromatic carboxylic acids is 1. The van der Waals surface area contributed by atoms with E-state index in [1.807, 2.05) is 0 Å². The normalized spacial score (nSPS) is 15.0. The summed E-state index contributed by atoms with van der Waals surface area (Å²) in [5, 5.41) is 8.84. The van der Waals surface area contributed by atoms with Gasteiger partial charge in [-0.25, -0.2) is 9.59 Å². The molecule has 0 spiro atoms. The van der Waals surface area contributed by atoms with Gasteiger partial charge in [-0.1, -0.05) is 0 Å². The predicted molar refractivity (Wildman–Crippen MR) is 56.5 cm³/mol. The van der Waals surface area contributed by atoms with Gasteiger partial charge in [0, 0.05) is 20.3 Å². The molecular weight excluding hydrogens is 210 g/mol. The molecule has 6 nitrogen and oxygen atoms in total. The van der Waals surface area contributed by atoms with Crippen molar-refractivity contribution < 1.29 is 14.7 Å². The topological polar surface area (TPSA) is 73.7 Å². The smallest absolute Gasteiger partial charge is 0.337 e. The van der Waals surface area contributed by atoms with Crippen LogP contribution in [-0.4, -0.2) is 41.1 Å². The minimum atomic E-state index is -1.05. The Hall–Kier alpha value is -2.11. The van der Waals surface area contributed by atoms with Crippen LogP contribution in [0.4, 0.5) is 10.5 Å². The summed E-state index contributed by atoms with van der Waals surface area (Å²) in [6.07, 6.45) is 1.30. The molecule has 1 aromatic heterocycles. The number of carbonyl (C=O) groups is 2. The quantitative estimate of drug-likeness (QED) is 0.760. The number of aromatic nitrogens is 1. The Bertz CT molecular complexity index is 472. The van der Waals surface area contributed by atoms with E-state index in [1.165, 1.54) is 22.1 Å². The zero-order valence-electron chi connectivity index (χ0n) is 8.97. The first-order chi connectivity index (χ1) is 7.50. The third-order valence-electron chi connectivity index (χ3n) is 2.56. The number of fused-ring (bicyclic) bond motifs is 1. The molecule has 2 heterocycles. The lowest BCUT2D eigenvalue weighted by Crippen LogP contribution is -2.43. The molecule has 1 aromatic rings. The molecule has 0 atom stereocenters. The van der Waals surface area contributed by atoms with E-state index in [0.29, 0.717) is 17.9 Å². The minimum absolute atomic E-state index is 0.0861. The Morgan fingerprint density at radius 1 is 1.50 bits per heavy atom. The fourth-order valence-electron chi connectivity index (χ4n) is 1.66. The van der Waals surface area contributed by atoms with E-state index in [4.69, 9.17) is 5.11 Å². The molecule has 0 saturated carbocycles. The summed E-state index contributed by atoms with van der Waals surface area (Å²) in [6.45, 7) is 0.401. The Labute approximate surface area is 92.1 Å². The van der Waals surface area contributed by atoms with Crippen LogP contribution in [0.25, 0.3) is 0 Å². The summed E-state index contributed by atoms with van der Waals surface area (Å²) >= 11 is 0. The van der Waals surface area contributed by atoms with Gasteiger partial charge in [-0.15, -0.1) is 0 Å². The fraction of sp³-hybridized carbons (Fsp3) is 0.300. The van der Waals surface area contributed by atoms with Crippen molar-refractivity contribution in [2.75, 3.05) is 19.0 Å². The number of nitrogens with zero attached hydrogens (tertiary/aromatic N) is 3. The van der Waals surface area contributed by atoms with Crippen molar-refractivity contribution in [1.82, 2.24) is 9.88 Å². The third kappa shape index (κ3) is 1.48. The molecule has 0 radical (unpaired) electrons. The molecule has 0 bridgehead atoms. The molecule has 1 aliphatic heterocycles. The van der Waals surface area contributed by atoms with E-state index in [1.54, 1.807) is 14.1 Å². The third-order valence-corrected chi connectivity index (χ3v) is 2.56. The summed E-state index contributed by atoms with van der Waals surface area (Å²) in [7, 11) is 3.28. The molecule has 2 rings (SSSR count). The molecule has 0 saturated heterocycles. The summed E-state index contributed by atoms with van der Waals surface area (Å²) in [5.41, 5.74) is 1.35. The van der Waals surface area contributed by atoms with Crippen LogP contribution in [0.1, 0.15) is 16.1 Å². The molecule has 0 aliphatic carbocycles. The molecule has 0 fully saturated rings. The Balaban J connectivity index is 2.50. The van der Waals surface area contributed by atoms with Crippen LogP contribution in [0.3, 0.4) is 0 Å². The van der Waals surface area contributed by atoms with Crippen LogP contribution < -0.4 is 4.90 Å². The van der Waals surface area contributed by atoms with Gasteiger partial charge in [0.2, 0.25) is 0 Å². The highest BCUT2D eigenvalue weighted by atomic mass is 16.4. The van der Waals surface area contributed by atoms with Crippen LogP contribution in [0.15, 0.2) is 12.3 Å². The largest absolute Gasteiger partial charge is 0.478 e. The Morgan fingerprint density at radius 3 is 2.81 bits per heavy atom. The maximum atomic E-state index is 11.6. The number of carboxylic acid groups (broad SMARTS) is 1. The maximum Gasteiger partial charge on any atom is 0.337 e. The molecule has 1 N–H and O–H groups in total. The highest BCUT2D eigenvalue weighted by molar-refractivity contribution is 5.96. The van der Waals surface area contributed by atoms with Crippen LogP contribution in [0.2, 0.25) is 0 Å². The number of rotatable bonds is 1. The summed E-state index contributed by atoms with van der Waals surface area (Å²) in [6, 6.07) is 1.30. The van der Waals surface area contributed by atoms with E-state index in [-0.39, 0.29) is 11.6 Å². The fourth-order valence-corrected chi connectivity index (χ4v) is 1.66. The molecule has 6 heteroatoms. The summed E-state index contributed by atoms with van der Waals surface area (Å²) in [5.74, 6) is -1.05. The van der Waals surface area contributed by atoms with Crippen molar-refractivity contribution in [1.29, 1.82) is 0 Å². The summed E-state index contributed by atoms with van der Waals surface area (Å²) < 4.78 is 0. The van der Waals surface area contributed by atoms with Crippen molar-refractivity contribution in [3.63, 3.8) is 0 Å². The van der Waals surface area contributed by atoms with Crippen LogP contribution in [-0.2, 0) is 6.54 Å². The monoisotopic (exact) mass is 221 g/mol. The van der Waals surface area contributed by atoms with E-state index in [2.05, 4.69) is 4.98 Å². The molecular formula is C10H11N3O3. The van der Waals surface area contributed by atoms with Gasteiger partial charge in [-0.2, -0.15) is 0 Å². The molecule has 1 aliphatic rings. The minimum Gasteiger partial charge on any atom is -0.478 e. The maximum absolute atomic E-state index is 11.6. The van der Waals surface area contributed by atoms with E-state index in [0.717, 1.165) is 0 Å². The molecule has 2 amide bonds. The number of carbonyl (C=O) groups excluding carboxylic acids is 1. The molecule has 16 heavy (non-hydrogen) atoms. The van der Waals surface area contributed by atoms with Crippen molar-refractivity contribution in [2.24, 2.45) is 0 Å². The van der Waals surface area contributed by atoms with Gasteiger partial charge >= 0.3 is 12.0 Å². The average Bonchev–Trinajstić information content (AvgIpc) is 2.25. The number of hydrogen-bond donors (Lipinski definition) is 1. The first kappa shape index (κ1) is 10.4. The van der Waals surface area contributed by atoms with Gasteiger partial charge in [0.05, 0.1) is 23.5 Å². The number of hydrogen-bond acceptors (Lipinski definition) is 3. The second kappa shape index (κ2) is 3.48. The van der Waals surface area contributed by atoms with Crippen molar-refractivity contribution in [3.8, 4) is 0 Å². The lowest BCUT2D eigenvalue weighted by molar-refractivity contribution is 0.0696. The first-order valence-corrected chi connectivity index (χ1v) is 4.71. The average molecular weight is 221 g/mol. The first-order valence-electron chi connectivity index (χ1n) is 4.71. The van der Waals surface area contributed by atoms with Gasteiger partial charge in [0.25, 0.3) is 0 Å². The van der Waals surface area contributed by atoms with Crippen molar-refractivity contribution in [2.45, 2.75) is 6.54 Å². The van der Waals surface area contributed by atoms with E-state index >= 15 is 0 Å². The zero-order valence-corrected chi connectivity index (χ0v) is 8.97. The number of pyridine rings is 1. The number of anilines is 1. The Morgan fingerprint density at radius 2 is 2.19 bits per heavy atom. The van der Waals surface area contributed by atoms with E-state index < -0.39 is 5.97 Å². The second-order valence-electron chi connectivity index (χ2n) is 3.69.